The smallest absolute Gasteiger partial charge is 0.261 e. The lowest BCUT2D eigenvalue weighted by atomic mass is 9.85. The van der Waals surface area contributed by atoms with Crippen molar-refractivity contribution in [3.05, 3.63) is 60.7 Å². The summed E-state index contributed by atoms with van der Waals surface area (Å²) in [6.07, 6.45) is 0.00580. The highest BCUT2D eigenvalue weighted by atomic mass is 28.4. The Morgan fingerprint density at radius 1 is 0.947 bits per heavy atom. The molecule has 1 saturated heterocycles. The van der Waals surface area contributed by atoms with E-state index in [1.165, 1.54) is 10.4 Å². The Morgan fingerprint density at radius 3 is 1.87 bits per heavy atom. The van der Waals surface area contributed by atoms with Gasteiger partial charge >= 0.3 is 0 Å². The van der Waals surface area contributed by atoms with Crippen LogP contribution in [0.2, 0.25) is 23.2 Å². The van der Waals surface area contributed by atoms with Gasteiger partial charge in [-0.05, 0) is 40.5 Å². The highest BCUT2D eigenvalue weighted by Gasteiger charge is 2.53. The van der Waals surface area contributed by atoms with Gasteiger partial charge in [-0.25, -0.2) is 0 Å². The summed E-state index contributed by atoms with van der Waals surface area (Å²) >= 11 is 0. The van der Waals surface area contributed by atoms with Crippen molar-refractivity contribution in [2.75, 3.05) is 6.61 Å². The number of rotatable bonds is 9. The highest BCUT2D eigenvalue weighted by Crippen LogP contribution is 2.42. The summed E-state index contributed by atoms with van der Waals surface area (Å²) in [5, 5.41) is 13.5. The molecule has 0 unspecified atom stereocenters. The van der Waals surface area contributed by atoms with E-state index >= 15 is 0 Å². The molecule has 0 aromatic heterocycles. The molecule has 2 aromatic carbocycles. The van der Waals surface area contributed by atoms with E-state index in [0.29, 0.717) is 13.0 Å². The molecule has 0 bridgehead atoms. The third-order valence-electron chi connectivity index (χ3n) is 8.51. The Bertz CT molecular complexity index is 1000. The molecule has 7 heteroatoms. The van der Waals surface area contributed by atoms with Gasteiger partial charge in [-0.3, -0.25) is 0 Å². The van der Waals surface area contributed by atoms with Crippen LogP contribution in [0.5, 0.6) is 0 Å². The quantitative estimate of drug-likeness (QED) is 0.329. The standard InChI is InChI=1S/C31H48O5Si2/c1-29(2,3)37(8,9)36-26-22-31(7,33)28(20-21-32)35-27(26)23-34-38(30(4,5)6,24-16-12-10-13-17-24)25-18-14-11-15-19-25/h10-19,21,26-28,33H,20,22-23H2,1-9H3/t26-,27+,28-,31+/m0/s1. The van der Waals surface area contributed by atoms with E-state index in [1.54, 1.807) is 6.92 Å². The van der Waals surface area contributed by atoms with Crippen LogP contribution in [0.1, 0.15) is 61.3 Å². The van der Waals surface area contributed by atoms with Crippen LogP contribution in [-0.4, -0.2) is 58.5 Å². The fourth-order valence-electron chi connectivity index (χ4n) is 5.30. The van der Waals surface area contributed by atoms with Crippen LogP contribution in [-0.2, 0) is 18.4 Å². The number of hydrogen-bond acceptors (Lipinski definition) is 5. The molecule has 0 amide bonds. The minimum atomic E-state index is -2.79. The molecule has 1 aliphatic rings. The van der Waals surface area contributed by atoms with E-state index < -0.39 is 34.4 Å². The first kappa shape index (κ1) is 30.9. The van der Waals surface area contributed by atoms with Gasteiger partial charge in [0.2, 0.25) is 0 Å². The van der Waals surface area contributed by atoms with Crippen LogP contribution in [0.4, 0.5) is 0 Å². The molecule has 210 valence electrons. The van der Waals surface area contributed by atoms with Crippen LogP contribution in [0.15, 0.2) is 60.7 Å². The topological polar surface area (TPSA) is 65.0 Å². The predicted octanol–water partition coefficient (Wildman–Crippen LogP) is 5.45. The first-order valence-corrected chi connectivity index (χ1v) is 18.6. The monoisotopic (exact) mass is 556 g/mol. The maximum absolute atomic E-state index is 11.5. The van der Waals surface area contributed by atoms with Crippen LogP contribution < -0.4 is 10.4 Å². The number of ether oxygens (including phenoxy) is 1. The number of hydrogen-bond donors (Lipinski definition) is 1. The first-order chi connectivity index (χ1) is 17.5. The molecule has 0 spiro atoms. The summed E-state index contributed by atoms with van der Waals surface area (Å²) in [5.41, 5.74) is -1.16. The van der Waals surface area contributed by atoms with E-state index in [-0.39, 0.29) is 22.6 Å². The van der Waals surface area contributed by atoms with Gasteiger partial charge in [-0.15, -0.1) is 0 Å². The molecule has 0 radical (unpaired) electrons. The summed E-state index contributed by atoms with van der Waals surface area (Å²) in [5.74, 6) is 0. The van der Waals surface area contributed by atoms with E-state index in [2.05, 4.69) is 103 Å². The zero-order valence-corrected chi connectivity index (χ0v) is 26.8. The summed E-state index contributed by atoms with van der Waals surface area (Å²) < 4.78 is 20.6. The van der Waals surface area contributed by atoms with Gasteiger partial charge in [0.05, 0.1) is 24.4 Å². The maximum Gasteiger partial charge on any atom is 0.261 e. The number of carbonyl (C=O) groups is 1. The lowest BCUT2D eigenvalue weighted by Crippen LogP contribution is -2.68. The molecule has 1 fully saturated rings. The second-order valence-electron chi connectivity index (χ2n) is 13.5. The number of aldehydes is 1. The zero-order chi connectivity index (χ0) is 28.4. The van der Waals surface area contributed by atoms with Crippen molar-refractivity contribution >= 4 is 33.3 Å². The SMILES string of the molecule is CC(C)(C)[Si](C)(C)O[C@H]1C[C@@](C)(O)[C@H](CC=O)O[C@@H]1CO[Si](c1ccccc1)(c1ccccc1)C(C)(C)C. The molecule has 1 heterocycles. The second-order valence-corrected chi connectivity index (χ2v) is 22.6. The largest absolute Gasteiger partial charge is 0.411 e. The number of aliphatic hydroxyl groups is 1. The van der Waals surface area contributed by atoms with Gasteiger partial charge in [-0.2, -0.15) is 0 Å². The van der Waals surface area contributed by atoms with Gasteiger partial charge < -0.3 is 23.5 Å². The Labute approximate surface area is 232 Å². The van der Waals surface area contributed by atoms with Crippen molar-refractivity contribution in [1.29, 1.82) is 0 Å². The van der Waals surface area contributed by atoms with Crippen LogP contribution in [0, 0.1) is 0 Å². The van der Waals surface area contributed by atoms with Crippen molar-refractivity contribution in [3.8, 4) is 0 Å². The summed E-state index contributed by atoms with van der Waals surface area (Å²) in [6.45, 7) is 19.9. The van der Waals surface area contributed by atoms with Crippen molar-refractivity contribution in [3.63, 3.8) is 0 Å². The number of carbonyl (C=O) groups excluding carboxylic acids is 1. The molecular weight excluding hydrogens is 509 g/mol. The highest BCUT2D eigenvalue weighted by molar-refractivity contribution is 6.99. The molecule has 0 saturated carbocycles. The minimum Gasteiger partial charge on any atom is -0.411 e. The molecule has 1 N–H and O–H groups in total. The Kier molecular flexibility index (Phi) is 9.33. The summed E-state index contributed by atoms with van der Waals surface area (Å²) in [4.78, 5) is 11.5. The fraction of sp³-hybridized carbons (Fsp3) is 0.581. The van der Waals surface area contributed by atoms with Crippen LogP contribution >= 0.6 is 0 Å². The van der Waals surface area contributed by atoms with Gasteiger partial charge in [0.25, 0.3) is 8.32 Å². The van der Waals surface area contributed by atoms with E-state index in [4.69, 9.17) is 13.6 Å². The molecule has 2 aromatic rings. The summed E-state index contributed by atoms with van der Waals surface area (Å²) in [7, 11) is -4.97. The zero-order valence-electron chi connectivity index (χ0n) is 24.8. The third kappa shape index (κ3) is 6.40. The van der Waals surface area contributed by atoms with Gasteiger partial charge in [-0.1, -0.05) is 102 Å². The van der Waals surface area contributed by atoms with Gasteiger partial charge in [0.1, 0.15) is 12.4 Å². The normalized spacial score (nSPS) is 25.3. The van der Waals surface area contributed by atoms with Crippen molar-refractivity contribution in [1.82, 2.24) is 0 Å². The average Bonchev–Trinajstić information content (AvgIpc) is 2.81. The van der Waals surface area contributed by atoms with E-state index in [0.717, 1.165) is 6.29 Å². The van der Waals surface area contributed by atoms with E-state index in [9.17, 15) is 9.90 Å². The molecule has 5 nitrogen and oxygen atoms in total. The molecule has 3 rings (SSSR count). The fourth-order valence-corrected chi connectivity index (χ4v) is 11.2. The molecular formula is C31H48O5Si2. The molecule has 0 aliphatic carbocycles. The minimum absolute atomic E-state index is 0.00189. The summed E-state index contributed by atoms with van der Waals surface area (Å²) in [6, 6.07) is 21.1. The lowest BCUT2D eigenvalue weighted by Gasteiger charge is -2.50. The molecule has 1 aliphatic heterocycles. The Morgan fingerprint density at radius 2 is 1.45 bits per heavy atom. The predicted molar refractivity (Wildman–Crippen MR) is 160 cm³/mol. The third-order valence-corrected chi connectivity index (χ3v) is 18.0. The Hall–Kier alpha value is -1.62. The maximum atomic E-state index is 11.5. The van der Waals surface area contributed by atoms with E-state index in [1.807, 2.05) is 12.1 Å². The second kappa shape index (κ2) is 11.5. The lowest BCUT2D eigenvalue weighted by molar-refractivity contribution is -0.212. The van der Waals surface area contributed by atoms with Crippen molar-refractivity contribution in [2.45, 2.75) is 108 Å². The van der Waals surface area contributed by atoms with Gasteiger partial charge in [0.15, 0.2) is 8.32 Å². The average molecular weight is 557 g/mol. The number of benzene rings is 2. The van der Waals surface area contributed by atoms with Crippen LogP contribution in [0.25, 0.3) is 0 Å². The van der Waals surface area contributed by atoms with Crippen molar-refractivity contribution < 1.29 is 23.5 Å². The van der Waals surface area contributed by atoms with Crippen LogP contribution in [0.3, 0.4) is 0 Å². The Balaban J connectivity index is 2.05. The molecule has 38 heavy (non-hydrogen) atoms. The van der Waals surface area contributed by atoms with Gasteiger partial charge in [0, 0.05) is 12.8 Å². The van der Waals surface area contributed by atoms with Crippen molar-refractivity contribution in [2.24, 2.45) is 0 Å². The first-order valence-electron chi connectivity index (χ1n) is 13.8. The molecule has 4 atom stereocenters.